The average Bonchev–Trinajstić information content (AvgIpc) is 2.53. The van der Waals surface area contributed by atoms with Crippen molar-refractivity contribution in [1.29, 1.82) is 0 Å². The first kappa shape index (κ1) is 16.4. The third-order valence-corrected chi connectivity index (χ3v) is 4.33. The lowest BCUT2D eigenvalue weighted by atomic mass is 9.76. The number of rotatable bonds is 7. The summed E-state index contributed by atoms with van der Waals surface area (Å²) in [4.78, 5) is 0. The van der Waals surface area contributed by atoms with Gasteiger partial charge in [-0.3, -0.25) is 0 Å². The lowest BCUT2D eigenvalue weighted by molar-refractivity contribution is 0.458. The zero-order valence-electron chi connectivity index (χ0n) is 13.5. The van der Waals surface area contributed by atoms with Crippen LogP contribution in [-0.2, 0) is 0 Å². The Kier molecular flexibility index (Phi) is 5.88. The van der Waals surface area contributed by atoms with Gasteiger partial charge in [-0.25, -0.2) is 0 Å². The summed E-state index contributed by atoms with van der Waals surface area (Å²) in [6.45, 7) is 4.43. The molecule has 0 spiro atoms. The Labute approximate surface area is 133 Å². The molecule has 0 unspecified atom stereocenters. The number of benzene rings is 2. The van der Waals surface area contributed by atoms with Crippen LogP contribution in [-0.4, -0.2) is 10.2 Å². The largest absolute Gasteiger partial charge is 0.508 e. The molecule has 2 aromatic rings. The third-order valence-electron chi connectivity index (χ3n) is 4.33. The lowest BCUT2D eigenvalue weighted by Gasteiger charge is -2.28. The Morgan fingerprint density at radius 3 is 1.23 bits per heavy atom. The van der Waals surface area contributed by atoms with E-state index in [0.29, 0.717) is 23.3 Å². The molecule has 2 aromatic carbocycles. The molecule has 0 heterocycles. The zero-order chi connectivity index (χ0) is 15.9. The first-order chi connectivity index (χ1) is 10.7. The molecular formula is C20H26O2. The van der Waals surface area contributed by atoms with Crippen molar-refractivity contribution in [2.45, 2.75) is 51.4 Å². The molecular weight excluding hydrogens is 272 g/mol. The fourth-order valence-corrected chi connectivity index (χ4v) is 3.27. The first-order valence-corrected chi connectivity index (χ1v) is 8.23. The molecule has 0 amide bonds. The number of hydrogen-bond donors (Lipinski definition) is 2. The lowest BCUT2D eigenvalue weighted by Crippen LogP contribution is -2.11. The van der Waals surface area contributed by atoms with Gasteiger partial charge >= 0.3 is 0 Å². The summed E-state index contributed by atoms with van der Waals surface area (Å²) in [6, 6.07) is 15.3. The fourth-order valence-electron chi connectivity index (χ4n) is 3.27. The van der Waals surface area contributed by atoms with Gasteiger partial charge < -0.3 is 10.2 Å². The van der Waals surface area contributed by atoms with Gasteiger partial charge in [-0.2, -0.15) is 0 Å². The van der Waals surface area contributed by atoms with Crippen molar-refractivity contribution in [1.82, 2.24) is 0 Å². The van der Waals surface area contributed by atoms with Gasteiger partial charge in [-0.1, -0.05) is 51.0 Å². The Morgan fingerprint density at radius 2 is 0.955 bits per heavy atom. The summed E-state index contributed by atoms with van der Waals surface area (Å²) in [5, 5.41) is 19.1. The minimum Gasteiger partial charge on any atom is -0.508 e. The van der Waals surface area contributed by atoms with E-state index >= 15 is 0 Å². The molecule has 0 bridgehead atoms. The molecule has 0 radical (unpaired) electrons. The van der Waals surface area contributed by atoms with Crippen LogP contribution in [0.3, 0.4) is 0 Å². The van der Waals surface area contributed by atoms with E-state index in [9.17, 15) is 10.2 Å². The minimum atomic E-state index is 0.315. The maximum absolute atomic E-state index is 9.53. The van der Waals surface area contributed by atoms with Crippen LogP contribution in [0.25, 0.3) is 0 Å². The Balaban J connectivity index is 2.36. The predicted octanol–water partition coefficient (Wildman–Crippen LogP) is 5.57. The fraction of sp³-hybridized carbons (Fsp3) is 0.400. The molecule has 0 aliphatic heterocycles. The SMILES string of the molecule is CCC[C@H](c1ccc(O)cc1)[C@@H](CCC)c1ccc(O)cc1. The van der Waals surface area contributed by atoms with E-state index in [1.165, 1.54) is 11.1 Å². The highest BCUT2D eigenvalue weighted by Crippen LogP contribution is 2.40. The molecule has 22 heavy (non-hydrogen) atoms. The quantitative estimate of drug-likeness (QED) is 0.702. The first-order valence-electron chi connectivity index (χ1n) is 8.23. The van der Waals surface area contributed by atoms with Crippen molar-refractivity contribution < 1.29 is 10.2 Å². The van der Waals surface area contributed by atoms with Gasteiger partial charge in [-0.05, 0) is 60.1 Å². The van der Waals surface area contributed by atoms with Crippen molar-refractivity contribution in [3.05, 3.63) is 59.7 Å². The summed E-state index contributed by atoms with van der Waals surface area (Å²) in [6.07, 6.45) is 4.50. The van der Waals surface area contributed by atoms with Crippen molar-refractivity contribution in [2.24, 2.45) is 0 Å². The second kappa shape index (κ2) is 7.88. The van der Waals surface area contributed by atoms with Crippen LogP contribution in [0.5, 0.6) is 11.5 Å². The topological polar surface area (TPSA) is 40.5 Å². The van der Waals surface area contributed by atoms with E-state index in [-0.39, 0.29) is 0 Å². The standard InChI is InChI=1S/C20H26O2/c1-3-5-19(15-7-11-17(21)12-8-15)20(6-4-2)16-9-13-18(22)14-10-16/h7-14,19-22H,3-6H2,1-2H3/t19-,20+. The molecule has 0 aliphatic carbocycles. The Hall–Kier alpha value is -1.96. The van der Waals surface area contributed by atoms with Gasteiger partial charge in [0.1, 0.15) is 11.5 Å². The number of phenols is 2. The number of hydrogen-bond acceptors (Lipinski definition) is 2. The van der Waals surface area contributed by atoms with Crippen molar-refractivity contribution in [3.63, 3.8) is 0 Å². The van der Waals surface area contributed by atoms with E-state index in [1.54, 1.807) is 24.3 Å². The molecule has 2 rings (SSSR count). The van der Waals surface area contributed by atoms with E-state index in [2.05, 4.69) is 13.8 Å². The summed E-state index contributed by atoms with van der Waals surface area (Å²) in [5.74, 6) is 1.51. The van der Waals surface area contributed by atoms with Crippen LogP contribution in [0.15, 0.2) is 48.5 Å². The molecule has 0 aromatic heterocycles. The average molecular weight is 298 g/mol. The molecule has 2 heteroatoms. The van der Waals surface area contributed by atoms with Crippen LogP contribution in [0.1, 0.15) is 62.5 Å². The minimum absolute atomic E-state index is 0.315. The van der Waals surface area contributed by atoms with Gasteiger partial charge in [0.05, 0.1) is 0 Å². The van der Waals surface area contributed by atoms with Gasteiger partial charge in [0, 0.05) is 0 Å². The van der Waals surface area contributed by atoms with E-state index in [4.69, 9.17) is 0 Å². The predicted molar refractivity (Wildman–Crippen MR) is 91.5 cm³/mol. The highest BCUT2D eigenvalue weighted by molar-refractivity contribution is 5.34. The smallest absolute Gasteiger partial charge is 0.115 e. The van der Waals surface area contributed by atoms with E-state index < -0.39 is 0 Å². The maximum Gasteiger partial charge on any atom is 0.115 e. The van der Waals surface area contributed by atoms with Crippen LogP contribution >= 0.6 is 0 Å². The highest BCUT2D eigenvalue weighted by Gasteiger charge is 2.23. The summed E-state index contributed by atoms with van der Waals surface area (Å²) < 4.78 is 0. The summed E-state index contributed by atoms with van der Waals surface area (Å²) in [7, 11) is 0. The summed E-state index contributed by atoms with van der Waals surface area (Å²) in [5.41, 5.74) is 2.57. The van der Waals surface area contributed by atoms with Gasteiger partial charge in [-0.15, -0.1) is 0 Å². The molecule has 0 saturated carbocycles. The second-order valence-corrected chi connectivity index (χ2v) is 5.97. The number of phenolic OH excluding ortho intramolecular Hbond substituents is 2. The highest BCUT2D eigenvalue weighted by atomic mass is 16.3. The van der Waals surface area contributed by atoms with Crippen LogP contribution in [0, 0.1) is 0 Å². The second-order valence-electron chi connectivity index (χ2n) is 5.97. The van der Waals surface area contributed by atoms with Crippen LogP contribution in [0.4, 0.5) is 0 Å². The zero-order valence-corrected chi connectivity index (χ0v) is 13.5. The molecule has 2 atom stereocenters. The van der Waals surface area contributed by atoms with E-state index in [0.717, 1.165) is 25.7 Å². The van der Waals surface area contributed by atoms with Gasteiger partial charge in [0.2, 0.25) is 0 Å². The molecule has 118 valence electrons. The van der Waals surface area contributed by atoms with Crippen LogP contribution < -0.4 is 0 Å². The normalized spacial score (nSPS) is 13.7. The van der Waals surface area contributed by atoms with Crippen LogP contribution in [0.2, 0.25) is 0 Å². The Bertz CT molecular complexity index is 504. The van der Waals surface area contributed by atoms with E-state index in [1.807, 2.05) is 24.3 Å². The van der Waals surface area contributed by atoms with Crippen molar-refractivity contribution >= 4 is 0 Å². The van der Waals surface area contributed by atoms with Crippen molar-refractivity contribution in [2.75, 3.05) is 0 Å². The van der Waals surface area contributed by atoms with Crippen molar-refractivity contribution in [3.8, 4) is 11.5 Å². The molecule has 0 fully saturated rings. The van der Waals surface area contributed by atoms with Gasteiger partial charge in [0.25, 0.3) is 0 Å². The molecule has 2 nitrogen and oxygen atoms in total. The Morgan fingerprint density at radius 1 is 0.636 bits per heavy atom. The monoisotopic (exact) mass is 298 g/mol. The molecule has 0 aliphatic rings. The third kappa shape index (κ3) is 4.03. The maximum atomic E-state index is 9.53. The number of aromatic hydroxyl groups is 2. The molecule has 0 saturated heterocycles. The summed E-state index contributed by atoms with van der Waals surface area (Å²) >= 11 is 0. The molecule has 2 N–H and O–H groups in total. The van der Waals surface area contributed by atoms with Gasteiger partial charge in [0.15, 0.2) is 0 Å².